The first kappa shape index (κ1) is 12.0. The summed E-state index contributed by atoms with van der Waals surface area (Å²) in [7, 11) is 0. The molecule has 2 rings (SSSR count). The highest BCUT2D eigenvalue weighted by molar-refractivity contribution is 7.15. The van der Waals surface area contributed by atoms with Crippen molar-refractivity contribution in [1.29, 1.82) is 0 Å². The van der Waals surface area contributed by atoms with Gasteiger partial charge in [-0.1, -0.05) is 19.1 Å². The maximum atomic E-state index is 13.9. The van der Waals surface area contributed by atoms with E-state index < -0.39 is 0 Å². The lowest BCUT2D eigenvalue weighted by Gasteiger charge is -2.14. The van der Waals surface area contributed by atoms with Crippen LogP contribution in [-0.2, 0) is 0 Å². The third kappa shape index (κ3) is 2.17. The zero-order chi connectivity index (χ0) is 12.6. The number of aromatic nitrogens is 1. The molecule has 2 nitrogen and oxygen atoms in total. The molecule has 0 aliphatic heterocycles. The summed E-state index contributed by atoms with van der Waals surface area (Å²) < 4.78 is 13.9. The third-order valence-corrected chi connectivity index (χ3v) is 4.12. The number of halogens is 1. The van der Waals surface area contributed by atoms with Gasteiger partial charge < -0.3 is 5.73 Å². The third-order valence-electron chi connectivity index (χ3n) is 2.95. The average Bonchev–Trinajstić information content (AvgIpc) is 2.57. The first-order valence-electron chi connectivity index (χ1n) is 5.48. The smallest absolute Gasteiger partial charge is 0.180 e. The van der Waals surface area contributed by atoms with E-state index in [0.717, 1.165) is 21.7 Å². The molecule has 0 fully saturated rings. The Balaban J connectivity index is 2.51. The Kier molecular flexibility index (Phi) is 3.15. The van der Waals surface area contributed by atoms with Crippen molar-refractivity contribution < 1.29 is 4.39 Å². The first-order valence-corrected chi connectivity index (χ1v) is 6.30. The van der Waals surface area contributed by atoms with Crippen molar-refractivity contribution in [2.75, 3.05) is 5.73 Å². The second-order valence-corrected chi connectivity index (χ2v) is 5.26. The van der Waals surface area contributed by atoms with Crippen LogP contribution in [0.3, 0.4) is 0 Å². The van der Waals surface area contributed by atoms with Crippen LogP contribution in [0.1, 0.15) is 34.5 Å². The summed E-state index contributed by atoms with van der Waals surface area (Å²) in [6, 6.07) is 5.15. The highest BCUT2D eigenvalue weighted by Crippen LogP contribution is 2.35. The normalized spacial score (nSPS) is 12.7. The van der Waals surface area contributed by atoms with Crippen LogP contribution in [0, 0.1) is 19.7 Å². The van der Waals surface area contributed by atoms with Gasteiger partial charge in [-0.15, -0.1) is 11.3 Å². The summed E-state index contributed by atoms with van der Waals surface area (Å²) in [5.41, 5.74) is 8.27. The lowest BCUT2D eigenvalue weighted by atomic mass is 9.94. The van der Waals surface area contributed by atoms with Gasteiger partial charge in [0.05, 0.1) is 5.69 Å². The molecule has 0 aliphatic rings. The Morgan fingerprint density at radius 2 is 2.06 bits per heavy atom. The van der Waals surface area contributed by atoms with E-state index in [1.54, 1.807) is 6.07 Å². The van der Waals surface area contributed by atoms with Crippen molar-refractivity contribution in [2.24, 2.45) is 0 Å². The van der Waals surface area contributed by atoms with Crippen molar-refractivity contribution in [1.82, 2.24) is 4.98 Å². The summed E-state index contributed by atoms with van der Waals surface area (Å²) in [6.07, 6.45) is 0. The molecule has 0 radical (unpaired) electrons. The Labute approximate surface area is 104 Å². The number of nitrogen functional groups attached to an aromatic ring is 1. The molecule has 2 aromatic rings. The van der Waals surface area contributed by atoms with Gasteiger partial charge in [0.2, 0.25) is 0 Å². The van der Waals surface area contributed by atoms with E-state index in [9.17, 15) is 4.39 Å². The SMILES string of the molecule is Cc1cccc(F)c1C(C)c1sc(N)nc1C. The van der Waals surface area contributed by atoms with E-state index in [-0.39, 0.29) is 11.7 Å². The number of nitrogens with two attached hydrogens (primary N) is 1. The summed E-state index contributed by atoms with van der Waals surface area (Å²) in [4.78, 5) is 5.23. The Morgan fingerprint density at radius 1 is 1.35 bits per heavy atom. The van der Waals surface area contributed by atoms with Gasteiger partial charge in [0, 0.05) is 10.8 Å². The topological polar surface area (TPSA) is 38.9 Å². The minimum absolute atomic E-state index is 0.00833. The molecule has 1 heterocycles. The molecule has 90 valence electrons. The Morgan fingerprint density at radius 3 is 2.59 bits per heavy atom. The van der Waals surface area contributed by atoms with E-state index in [1.165, 1.54) is 17.4 Å². The van der Waals surface area contributed by atoms with Crippen molar-refractivity contribution in [3.05, 3.63) is 45.7 Å². The molecule has 0 spiro atoms. The van der Waals surface area contributed by atoms with Crippen LogP contribution < -0.4 is 5.73 Å². The van der Waals surface area contributed by atoms with Gasteiger partial charge >= 0.3 is 0 Å². The Bertz CT molecular complexity index is 528. The van der Waals surface area contributed by atoms with E-state index >= 15 is 0 Å². The van der Waals surface area contributed by atoms with Gasteiger partial charge in [0.15, 0.2) is 5.13 Å². The number of aryl methyl sites for hydroxylation is 2. The number of hydrogen-bond acceptors (Lipinski definition) is 3. The number of hydrogen-bond donors (Lipinski definition) is 1. The monoisotopic (exact) mass is 250 g/mol. The molecule has 1 atom stereocenters. The minimum atomic E-state index is -0.163. The fourth-order valence-corrected chi connectivity index (χ4v) is 3.05. The fraction of sp³-hybridized carbons (Fsp3) is 0.308. The molecule has 0 bridgehead atoms. The van der Waals surface area contributed by atoms with Crippen LogP contribution >= 0.6 is 11.3 Å². The summed E-state index contributed by atoms with van der Waals surface area (Å²) in [5, 5.41) is 0.540. The molecule has 0 amide bonds. The molecule has 1 aromatic carbocycles. The lowest BCUT2D eigenvalue weighted by Crippen LogP contribution is -2.02. The number of anilines is 1. The quantitative estimate of drug-likeness (QED) is 0.884. The number of benzene rings is 1. The van der Waals surface area contributed by atoms with E-state index in [4.69, 9.17) is 5.73 Å². The number of rotatable bonds is 2. The van der Waals surface area contributed by atoms with E-state index in [1.807, 2.05) is 26.8 Å². The molecule has 1 unspecified atom stereocenters. The first-order chi connectivity index (χ1) is 8.00. The van der Waals surface area contributed by atoms with Crippen LogP contribution in [0.15, 0.2) is 18.2 Å². The number of thiazole rings is 1. The van der Waals surface area contributed by atoms with Crippen LogP contribution in [0.25, 0.3) is 0 Å². The molecule has 17 heavy (non-hydrogen) atoms. The largest absolute Gasteiger partial charge is 0.375 e. The minimum Gasteiger partial charge on any atom is -0.375 e. The Hall–Kier alpha value is -1.42. The molecule has 0 saturated carbocycles. The van der Waals surface area contributed by atoms with Crippen LogP contribution in [-0.4, -0.2) is 4.98 Å². The highest BCUT2D eigenvalue weighted by Gasteiger charge is 2.19. The van der Waals surface area contributed by atoms with Crippen molar-refractivity contribution in [3.8, 4) is 0 Å². The molecule has 4 heteroatoms. The van der Waals surface area contributed by atoms with Gasteiger partial charge in [0.1, 0.15) is 5.82 Å². The van der Waals surface area contributed by atoms with Crippen molar-refractivity contribution >= 4 is 16.5 Å². The van der Waals surface area contributed by atoms with Crippen LogP contribution in [0.4, 0.5) is 9.52 Å². The van der Waals surface area contributed by atoms with E-state index in [2.05, 4.69) is 4.98 Å². The maximum Gasteiger partial charge on any atom is 0.180 e. The molecule has 1 aromatic heterocycles. The standard InChI is InChI=1S/C13H15FN2S/c1-7-5-4-6-10(14)11(7)8(2)12-9(3)16-13(15)17-12/h4-6,8H,1-3H3,(H2,15,16). The van der Waals surface area contributed by atoms with Gasteiger partial charge in [0.25, 0.3) is 0 Å². The second-order valence-electron chi connectivity index (χ2n) is 4.19. The van der Waals surface area contributed by atoms with Crippen molar-refractivity contribution in [3.63, 3.8) is 0 Å². The maximum absolute atomic E-state index is 13.9. The lowest BCUT2D eigenvalue weighted by molar-refractivity contribution is 0.601. The molecule has 2 N–H and O–H groups in total. The summed E-state index contributed by atoms with van der Waals surface area (Å²) in [6.45, 7) is 5.83. The van der Waals surface area contributed by atoms with Gasteiger partial charge in [-0.25, -0.2) is 9.37 Å². The van der Waals surface area contributed by atoms with Gasteiger partial charge in [-0.3, -0.25) is 0 Å². The van der Waals surface area contributed by atoms with Gasteiger partial charge in [-0.05, 0) is 31.0 Å². The zero-order valence-corrected chi connectivity index (χ0v) is 10.9. The predicted octanol–water partition coefficient (Wildman–Crippen LogP) is 3.63. The van der Waals surface area contributed by atoms with Crippen LogP contribution in [0.2, 0.25) is 0 Å². The molecule has 0 aliphatic carbocycles. The predicted molar refractivity (Wildman–Crippen MR) is 69.9 cm³/mol. The molecular weight excluding hydrogens is 235 g/mol. The molecule has 0 saturated heterocycles. The second kappa shape index (κ2) is 4.45. The van der Waals surface area contributed by atoms with Gasteiger partial charge in [-0.2, -0.15) is 0 Å². The van der Waals surface area contributed by atoms with Crippen LogP contribution in [0.5, 0.6) is 0 Å². The summed E-state index contributed by atoms with van der Waals surface area (Å²) >= 11 is 1.43. The zero-order valence-electron chi connectivity index (χ0n) is 10.1. The number of nitrogens with zero attached hydrogens (tertiary/aromatic N) is 1. The molecular formula is C13H15FN2S. The summed E-state index contributed by atoms with van der Waals surface area (Å²) in [5.74, 6) is -0.171. The highest BCUT2D eigenvalue weighted by atomic mass is 32.1. The van der Waals surface area contributed by atoms with Crippen molar-refractivity contribution in [2.45, 2.75) is 26.7 Å². The average molecular weight is 250 g/mol. The van der Waals surface area contributed by atoms with E-state index in [0.29, 0.717) is 5.13 Å². The fourth-order valence-electron chi connectivity index (χ4n) is 2.16.